The molecule has 0 saturated carbocycles. The van der Waals surface area contributed by atoms with Crippen molar-refractivity contribution in [1.82, 2.24) is 0 Å². The number of hydrogen-bond donors (Lipinski definition) is 2. The zero-order valence-corrected chi connectivity index (χ0v) is 11.3. The van der Waals surface area contributed by atoms with Crippen LogP contribution in [0.3, 0.4) is 0 Å². The largest absolute Gasteiger partial charge is 0.397 e. The van der Waals surface area contributed by atoms with E-state index in [1.54, 1.807) is 12.2 Å². The van der Waals surface area contributed by atoms with E-state index < -0.39 is 10.4 Å². The molecule has 1 atom stereocenters. The highest BCUT2D eigenvalue weighted by molar-refractivity contribution is 7.80. The first kappa shape index (κ1) is 17.3. The Morgan fingerprint density at radius 3 is 2.11 bits per heavy atom. The quantitative estimate of drug-likeness (QED) is 0.446. The Labute approximate surface area is 109 Å². The maximum atomic E-state index is 10.5. The molecular weight excluding hydrogens is 256 g/mol. The van der Waals surface area contributed by atoms with Crippen molar-refractivity contribution < 1.29 is 22.3 Å². The monoisotopic (exact) mass is 278 g/mol. The lowest BCUT2D eigenvalue weighted by Crippen LogP contribution is -2.18. The van der Waals surface area contributed by atoms with Gasteiger partial charge in [-0.2, -0.15) is 8.42 Å². The number of hydrogen-bond acceptors (Lipinski definition) is 4. The minimum Gasteiger partial charge on any atom is -0.396 e. The third-order valence-corrected chi connectivity index (χ3v) is 3.09. The summed E-state index contributed by atoms with van der Waals surface area (Å²) in [4.78, 5) is 0. The first-order valence-corrected chi connectivity index (χ1v) is 7.24. The van der Waals surface area contributed by atoms with Crippen LogP contribution >= 0.6 is 0 Å². The molecule has 0 aliphatic heterocycles. The van der Waals surface area contributed by atoms with Gasteiger partial charge in [0.05, 0.1) is 6.61 Å². The Balaban J connectivity index is 4.37. The SMILES string of the molecule is C=CCC(CC=C)CC(CCO)COS(=O)(=O)O. The van der Waals surface area contributed by atoms with Crippen molar-refractivity contribution >= 4 is 10.4 Å². The minimum atomic E-state index is -4.42. The lowest BCUT2D eigenvalue weighted by atomic mass is 9.88. The van der Waals surface area contributed by atoms with Gasteiger partial charge in [-0.25, -0.2) is 4.18 Å². The fraction of sp³-hybridized carbons (Fsp3) is 0.667. The molecule has 6 heteroatoms. The zero-order chi connectivity index (χ0) is 14.0. The summed E-state index contributed by atoms with van der Waals surface area (Å²) in [7, 11) is -4.42. The highest BCUT2D eigenvalue weighted by Gasteiger charge is 2.17. The normalized spacial score (nSPS) is 13.5. The molecule has 0 aromatic carbocycles. The lowest BCUT2D eigenvalue weighted by molar-refractivity contribution is 0.167. The number of aliphatic hydroxyl groups excluding tert-OH is 1. The van der Waals surface area contributed by atoms with Gasteiger partial charge in [0.15, 0.2) is 0 Å². The van der Waals surface area contributed by atoms with Gasteiger partial charge in [-0.05, 0) is 37.5 Å². The smallest absolute Gasteiger partial charge is 0.396 e. The maximum absolute atomic E-state index is 10.5. The fourth-order valence-electron chi connectivity index (χ4n) is 1.87. The molecule has 0 spiro atoms. The predicted molar refractivity (Wildman–Crippen MR) is 70.4 cm³/mol. The van der Waals surface area contributed by atoms with Gasteiger partial charge in [-0.3, -0.25) is 4.55 Å². The van der Waals surface area contributed by atoms with Gasteiger partial charge in [0.1, 0.15) is 0 Å². The molecule has 0 heterocycles. The summed E-state index contributed by atoms with van der Waals surface area (Å²) in [6.45, 7) is 7.17. The first-order chi connectivity index (χ1) is 8.42. The summed E-state index contributed by atoms with van der Waals surface area (Å²) in [5.41, 5.74) is 0. The Hall–Kier alpha value is -0.690. The zero-order valence-electron chi connectivity index (χ0n) is 10.5. The molecule has 0 aliphatic rings. The molecule has 0 fully saturated rings. The molecule has 0 aromatic rings. The highest BCUT2D eigenvalue weighted by atomic mass is 32.3. The predicted octanol–water partition coefficient (Wildman–Crippen LogP) is 1.96. The van der Waals surface area contributed by atoms with Crippen molar-refractivity contribution in [1.29, 1.82) is 0 Å². The molecular formula is C12H22O5S. The van der Waals surface area contributed by atoms with Crippen LogP contribution < -0.4 is 0 Å². The van der Waals surface area contributed by atoms with Crippen molar-refractivity contribution in [3.05, 3.63) is 25.3 Å². The Morgan fingerprint density at radius 1 is 1.17 bits per heavy atom. The lowest BCUT2D eigenvalue weighted by Gasteiger charge is -2.20. The Morgan fingerprint density at radius 2 is 1.72 bits per heavy atom. The molecule has 0 saturated heterocycles. The van der Waals surface area contributed by atoms with Crippen molar-refractivity contribution in [2.24, 2.45) is 11.8 Å². The summed E-state index contributed by atoms with van der Waals surface area (Å²) in [6, 6.07) is 0. The van der Waals surface area contributed by atoms with Gasteiger partial charge in [0.2, 0.25) is 0 Å². The van der Waals surface area contributed by atoms with E-state index in [2.05, 4.69) is 17.3 Å². The molecule has 0 radical (unpaired) electrons. The van der Waals surface area contributed by atoms with Gasteiger partial charge in [0, 0.05) is 6.61 Å². The van der Waals surface area contributed by atoms with Crippen LogP contribution in [0.2, 0.25) is 0 Å². The highest BCUT2D eigenvalue weighted by Crippen LogP contribution is 2.23. The van der Waals surface area contributed by atoms with Gasteiger partial charge in [0.25, 0.3) is 0 Å². The van der Waals surface area contributed by atoms with Crippen molar-refractivity contribution in [2.45, 2.75) is 25.7 Å². The van der Waals surface area contributed by atoms with Crippen LogP contribution in [-0.4, -0.2) is 31.3 Å². The summed E-state index contributed by atoms with van der Waals surface area (Å²) in [5, 5.41) is 8.93. The molecule has 0 bridgehead atoms. The molecule has 0 aliphatic carbocycles. The molecule has 1 unspecified atom stereocenters. The van der Waals surface area contributed by atoms with Crippen LogP contribution in [0.4, 0.5) is 0 Å². The fourth-order valence-corrected chi connectivity index (χ4v) is 2.23. The van der Waals surface area contributed by atoms with Crippen LogP contribution in [-0.2, 0) is 14.6 Å². The van der Waals surface area contributed by atoms with Crippen LogP contribution in [0.15, 0.2) is 25.3 Å². The Bertz CT molecular complexity index is 326. The minimum absolute atomic E-state index is 0.0472. The van der Waals surface area contributed by atoms with Gasteiger partial charge >= 0.3 is 10.4 Å². The molecule has 106 valence electrons. The molecule has 18 heavy (non-hydrogen) atoms. The Kier molecular flexibility index (Phi) is 8.91. The van der Waals surface area contributed by atoms with Crippen LogP contribution in [0.5, 0.6) is 0 Å². The summed E-state index contributed by atoms with van der Waals surface area (Å²) < 4.78 is 33.9. The third kappa shape index (κ3) is 9.35. The van der Waals surface area contributed by atoms with E-state index in [0.29, 0.717) is 18.8 Å². The van der Waals surface area contributed by atoms with Gasteiger partial charge in [-0.15, -0.1) is 13.2 Å². The van der Waals surface area contributed by atoms with Crippen LogP contribution in [0.25, 0.3) is 0 Å². The van der Waals surface area contributed by atoms with Crippen molar-refractivity contribution in [2.75, 3.05) is 13.2 Å². The molecule has 2 N–H and O–H groups in total. The van der Waals surface area contributed by atoms with Gasteiger partial charge in [-0.1, -0.05) is 12.2 Å². The van der Waals surface area contributed by atoms with E-state index in [1.165, 1.54) is 0 Å². The topological polar surface area (TPSA) is 83.8 Å². The first-order valence-electron chi connectivity index (χ1n) is 5.87. The number of aliphatic hydroxyl groups is 1. The van der Waals surface area contributed by atoms with Gasteiger partial charge < -0.3 is 5.11 Å². The van der Waals surface area contributed by atoms with Crippen LogP contribution in [0, 0.1) is 11.8 Å². The van der Waals surface area contributed by atoms with E-state index in [1.807, 2.05) is 0 Å². The van der Waals surface area contributed by atoms with Crippen molar-refractivity contribution in [3.63, 3.8) is 0 Å². The average molecular weight is 278 g/mol. The van der Waals surface area contributed by atoms with E-state index in [9.17, 15) is 8.42 Å². The summed E-state index contributed by atoms with van der Waals surface area (Å²) in [5.74, 6) is 0.170. The maximum Gasteiger partial charge on any atom is 0.397 e. The van der Waals surface area contributed by atoms with E-state index >= 15 is 0 Å². The summed E-state index contributed by atoms with van der Waals surface area (Å²) >= 11 is 0. The number of allylic oxidation sites excluding steroid dienone is 2. The van der Waals surface area contributed by atoms with Crippen LogP contribution in [0.1, 0.15) is 25.7 Å². The average Bonchev–Trinajstić information content (AvgIpc) is 2.26. The van der Waals surface area contributed by atoms with E-state index in [0.717, 1.165) is 12.8 Å². The standard InChI is InChI=1S/C12H22O5S/c1-3-5-11(6-4-2)9-12(7-8-13)10-17-18(14,15)16/h3-4,11-13H,1-2,5-10H2,(H,14,15,16). The van der Waals surface area contributed by atoms with Crippen molar-refractivity contribution in [3.8, 4) is 0 Å². The second kappa shape index (κ2) is 9.27. The molecule has 0 amide bonds. The summed E-state index contributed by atoms with van der Waals surface area (Å²) in [6.07, 6.45) is 6.30. The second-order valence-corrected chi connectivity index (χ2v) is 5.33. The van der Waals surface area contributed by atoms with E-state index in [4.69, 9.17) is 9.66 Å². The second-order valence-electron chi connectivity index (χ2n) is 4.24. The van der Waals surface area contributed by atoms with E-state index in [-0.39, 0.29) is 19.1 Å². The number of rotatable bonds is 11. The molecule has 0 aromatic heterocycles. The molecule has 0 rings (SSSR count). The third-order valence-electron chi connectivity index (χ3n) is 2.66. The molecule has 5 nitrogen and oxygen atoms in total.